The number of hydrogen-bond acceptors (Lipinski definition) is 6. The standard InChI is InChI=1S/C18H22N6O2/c1-4-6-10-23-14-15(22-12-8-19-9-13-22)20-17(26-3)21-16(14)24(18(23)25)11-7-5-2/h19H,8-13H2,1-3H3. The molecule has 1 aliphatic rings. The Hall–Kier alpha value is -2.97. The van der Waals surface area contributed by atoms with Gasteiger partial charge in [0, 0.05) is 26.2 Å². The lowest BCUT2D eigenvalue weighted by Gasteiger charge is -2.29. The lowest BCUT2D eigenvalue weighted by Crippen LogP contribution is -2.44. The van der Waals surface area contributed by atoms with Crippen LogP contribution in [0.1, 0.15) is 13.8 Å². The predicted octanol–water partition coefficient (Wildman–Crippen LogP) is 0.0578. The molecule has 2 aromatic rings. The molecule has 1 aliphatic heterocycles. The first-order chi connectivity index (χ1) is 12.7. The number of imidazole rings is 1. The molecule has 0 bridgehead atoms. The van der Waals surface area contributed by atoms with Crippen molar-refractivity contribution in [1.29, 1.82) is 0 Å². The molecule has 0 spiro atoms. The molecule has 8 heteroatoms. The lowest BCUT2D eigenvalue weighted by atomic mass is 10.3. The van der Waals surface area contributed by atoms with Gasteiger partial charge in [-0.3, -0.25) is 9.13 Å². The van der Waals surface area contributed by atoms with Crippen molar-refractivity contribution in [3.63, 3.8) is 0 Å². The number of hydrogen-bond donors (Lipinski definition) is 1. The Bertz CT molecular complexity index is 977. The molecule has 2 aromatic heterocycles. The van der Waals surface area contributed by atoms with Crippen LogP contribution in [0.25, 0.3) is 11.2 Å². The molecule has 0 aromatic carbocycles. The van der Waals surface area contributed by atoms with E-state index in [0.29, 0.717) is 17.0 Å². The number of rotatable bonds is 4. The van der Waals surface area contributed by atoms with E-state index in [9.17, 15) is 4.79 Å². The molecule has 0 aliphatic carbocycles. The van der Waals surface area contributed by atoms with Gasteiger partial charge in [0.25, 0.3) is 0 Å². The highest BCUT2D eigenvalue weighted by Gasteiger charge is 2.24. The minimum Gasteiger partial charge on any atom is -0.467 e. The average molecular weight is 354 g/mol. The van der Waals surface area contributed by atoms with Crippen molar-refractivity contribution in [3.8, 4) is 29.7 Å². The molecule has 0 saturated carbocycles. The topological polar surface area (TPSA) is 77.2 Å². The number of aromatic nitrogens is 4. The first-order valence-corrected chi connectivity index (χ1v) is 8.51. The van der Waals surface area contributed by atoms with Crippen molar-refractivity contribution < 1.29 is 4.74 Å². The smallest absolute Gasteiger partial charge is 0.332 e. The maximum absolute atomic E-state index is 13.0. The summed E-state index contributed by atoms with van der Waals surface area (Å²) in [5.41, 5.74) is 1.01. The van der Waals surface area contributed by atoms with Gasteiger partial charge in [0.1, 0.15) is 5.52 Å². The van der Waals surface area contributed by atoms with Crippen molar-refractivity contribution in [2.45, 2.75) is 26.9 Å². The van der Waals surface area contributed by atoms with Gasteiger partial charge < -0.3 is 15.0 Å². The maximum Gasteiger partial charge on any atom is 0.332 e. The Morgan fingerprint density at radius 3 is 2.35 bits per heavy atom. The Labute approximate surface area is 152 Å². The lowest BCUT2D eigenvalue weighted by molar-refractivity contribution is 0.380. The summed E-state index contributed by atoms with van der Waals surface area (Å²) in [7, 11) is 1.52. The van der Waals surface area contributed by atoms with E-state index in [4.69, 9.17) is 4.74 Å². The van der Waals surface area contributed by atoms with E-state index in [1.807, 2.05) is 0 Å². The molecule has 8 nitrogen and oxygen atoms in total. The zero-order valence-electron chi connectivity index (χ0n) is 15.3. The summed E-state index contributed by atoms with van der Waals surface area (Å²) >= 11 is 0. The minimum atomic E-state index is -0.190. The molecule has 1 saturated heterocycles. The highest BCUT2D eigenvalue weighted by molar-refractivity contribution is 5.85. The van der Waals surface area contributed by atoms with Gasteiger partial charge in [0.2, 0.25) is 0 Å². The number of nitrogens with one attached hydrogen (secondary N) is 1. The molecule has 1 fully saturated rings. The van der Waals surface area contributed by atoms with E-state index >= 15 is 0 Å². The van der Waals surface area contributed by atoms with Crippen molar-refractivity contribution in [3.05, 3.63) is 10.5 Å². The Kier molecular flexibility index (Phi) is 5.45. The molecule has 3 rings (SSSR count). The Balaban J connectivity index is 2.30. The second kappa shape index (κ2) is 7.94. The normalized spacial score (nSPS) is 13.7. The molecule has 0 atom stereocenters. The zero-order valence-corrected chi connectivity index (χ0v) is 15.3. The summed E-state index contributed by atoms with van der Waals surface area (Å²) < 4.78 is 8.47. The molecule has 3 heterocycles. The van der Waals surface area contributed by atoms with Crippen LogP contribution >= 0.6 is 0 Å². The second-order valence-electron chi connectivity index (χ2n) is 5.75. The average Bonchev–Trinajstić information content (AvgIpc) is 2.95. The molecule has 0 amide bonds. The number of nitrogens with zero attached hydrogens (tertiary/aromatic N) is 5. The van der Waals surface area contributed by atoms with Crippen molar-refractivity contribution in [2.75, 3.05) is 38.2 Å². The second-order valence-corrected chi connectivity index (χ2v) is 5.75. The first kappa shape index (κ1) is 17.8. The van der Waals surface area contributed by atoms with E-state index < -0.39 is 0 Å². The third kappa shape index (κ3) is 3.24. The summed E-state index contributed by atoms with van der Waals surface area (Å²) in [4.78, 5) is 24.1. The summed E-state index contributed by atoms with van der Waals surface area (Å²) in [6.45, 7) is 7.35. The fourth-order valence-electron chi connectivity index (χ4n) is 2.97. The predicted molar refractivity (Wildman–Crippen MR) is 100 cm³/mol. The molecule has 26 heavy (non-hydrogen) atoms. The molecule has 136 valence electrons. The monoisotopic (exact) mass is 354 g/mol. The maximum atomic E-state index is 13.0. The van der Waals surface area contributed by atoms with E-state index in [1.54, 1.807) is 23.0 Å². The number of ether oxygens (including phenoxy) is 1. The van der Waals surface area contributed by atoms with Gasteiger partial charge in [-0.15, -0.1) is 11.8 Å². The van der Waals surface area contributed by atoms with Crippen LogP contribution in [-0.4, -0.2) is 52.4 Å². The van der Waals surface area contributed by atoms with Crippen LogP contribution in [0, 0.1) is 23.7 Å². The van der Waals surface area contributed by atoms with E-state index in [2.05, 4.69) is 43.9 Å². The fraction of sp³-hybridized carbons (Fsp3) is 0.500. The van der Waals surface area contributed by atoms with Crippen LogP contribution in [0.4, 0.5) is 5.82 Å². The first-order valence-electron chi connectivity index (χ1n) is 8.51. The van der Waals surface area contributed by atoms with Crippen LogP contribution < -0.4 is 20.6 Å². The Morgan fingerprint density at radius 1 is 1.08 bits per heavy atom. The minimum absolute atomic E-state index is 0.190. The number of methoxy groups -OCH3 is 1. The van der Waals surface area contributed by atoms with Gasteiger partial charge >= 0.3 is 11.7 Å². The van der Waals surface area contributed by atoms with Crippen LogP contribution in [0.2, 0.25) is 0 Å². The molecule has 1 N–H and O–H groups in total. The largest absolute Gasteiger partial charge is 0.467 e. The molecular formula is C18H22N6O2. The van der Waals surface area contributed by atoms with Gasteiger partial charge in [-0.1, -0.05) is 11.8 Å². The fourth-order valence-corrected chi connectivity index (χ4v) is 2.97. The third-order valence-corrected chi connectivity index (χ3v) is 4.24. The summed E-state index contributed by atoms with van der Waals surface area (Å²) in [6, 6.07) is 0.239. The van der Waals surface area contributed by atoms with Gasteiger partial charge in [-0.2, -0.15) is 9.97 Å². The van der Waals surface area contributed by atoms with Crippen LogP contribution in [-0.2, 0) is 13.1 Å². The molecule has 0 radical (unpaired) electrons. The van der Waals surface area contributed by atoms with E-state index in [1.165, 1.54) is 7.11 Å². The van der Waals surface area contributed by atoms with Crippen LogP contribution in [0.15, 0.2) is 4.79 Å². The van der Waals surface area contributed by atoms with Crippen molar-refractivity contribution >= 4 is 17.0 Å². The van der Waals surface area contributed by atoms with Crippen LogP contribution in [0.5, 0.6) is 6.01 Å². The quantitative estimate of drug-likeness (QED) is 0.783. The summed E-state index contributed by atoms with van der Waals surface area (Å²) in [6.07, 6.45) is 0. The highest BCUT2D eigenvalue weighted by Crippen LogP contribution is 2.26. The van der Waals surface area contributed by atoms with Crippen molar-refractivity contribution in [2.24, 2.45) is 0 Å². The van der Waals surface area contributed by atoms with E-state index in [0.717, 1.165) is 26.2 Å². The number of piperazine rings is 1. The summed E-state index contributed by atoms with van der Waals surface area (Å²) in [5.74, 6) is 12.3. The van der Waals surface area contributed by atoms with Gasteiger partial charge in [-0.25, -0.2) is 4.79 Å². The van der Waals surface area contributed by atoms with Crippen LogP contribution in [0.3, 0.4) is 0 Å². The number of anilines is 1. The van der Waals surface area contributed by atoms with Gasteiger partial charge in [-0.05, 0) is 13.8 Å². The highest BCUT2D eigenvalue weighted by atomic mass is 16.5. The SMILES string of the molecule is CC#CCn1c(=O)n(CC#CC)c2c(N3CCNCC3)nc(OC)nc21. The van der Waals surface area contributed by atoms with Crippen molar-refractivity contribution in [1.82, 2.24) is 24.4 Å². The van der Waals surface area contributed by atoms with E-state index in [-0.39, 0.29) is 24.8 Å². The van der Waals surface area contributed by atoms with Gasteiger partial charge in [0.15, 0.2) is 11.5 Å². The third-order valence-electron chi connectivity index (χ3n) is 4.24. The molecular weight excluding hydrogens is 332 g/mol. The summed E-state index contributed by atoms with van der Waals surface area (Å²) in [5, 5.41) is 3.32. The Morgan fingerprint density at radius 2 is 1.73 bits per heavy atom. The number of fused-ring (bicyclic) bond motifs is 1. The zero-order chi connectivity index (χ0) is 18.5. The van der Waals surface area contributed by atoms with Gasteiger partial charge in [0.05, 0.1) is 20.2 Å². The molecule has 0 unspecified atom stereocenters.